The number of nitrogens with one attached hydrogen (secondary N) is 1. The molecule has 15 heteroatoms. The van der Waals surface area contributed by atoms with E-state index in [2.05, 4.69) is 37.3 Å². The van der Waals surface area contributed by atoms with E-state index in [1.807, 2.05) is 6.92 Å². The first-order valence-electron chi connectivity index (χ1n) is 14.0. The van der Waals surface area contributed by atoms with Gasteiger partial charge in [-0.05, 0) is 67.3 Å². The molecule has 0 saturated heterocycles. The maximum Gasteiger partial charge on any atom is 0.416 e. The number of nitrogens with zero attached hydrogens (tertiary/aromatic N) is 4. The molecular formula is C30H31BrF3N5O5S. The van der Waals surface area contributed by atoms with Crippen molar-refractivity contribution in [2.75, 3.05) is 35.4 Å². The van der Waals surface area contributed by atoms with Gasteiger partial charge in [-0.15, -0.1) is 0 Å². The summed E-state index contributed by atoms with van der Waals surface area (Å²) >= 11 is 3.39. The first-order valence-corrected chi connectivity index (χ1v) is 16.9. The smallest absolute Gasteiger partial charge is 0.416 e. The van der Waals surface area contributed by atoms with Crippen molar-refractivity contribution in [3.05, 3.63) is 75.0 Å². The van der Waals surface area contributed by atoms with E-state index in [1.165, 1.54) is 17.2 Å². The first-order chi connectivity index (χ1) is 21.2. The Morgan fingerprint density at radius 1 is 1.22 bits per heavy atom. The van der Waals surface area contributed by atoms with Crippen molar-refractivity contribution in [3.63, 3.8) is 0 Å². The van der Waals surface area contributed by atoms with Crippen LogP contribution in [-0.4, -0.2) is 55.7 Å². The van der Waals surface area contributed by atoms with Gasteiger partial charge in [0.1, 0.15) is 6.61 Å². The lowest BCUT2D eigenvalue weighted by Gasteiger charge is -2.40. The van der Waals surface area contributed by atoms with Gasteiger partial charge in [0, 0.05) is 23.2 Å². The summed E-state index contributed by atoms with van der Waals surface area (Å²) in [5, 5.41) is 12.6. The topological polar surface area (TPSA) is 135 Å². The molecule has 0 spiro atoms. The Labute approximate surface area is 267 Å². The van der Waals surface area contributed by atoms with Crippen molar-refractivity contribution in [1.82, 2.24) is 9.97 Å². The molecule has 0 saturated carbocycles. The van der Waals surface area contributed by atoms with Gasteiger partial charge in [-0.3, -0.25) is 4.90 Å². The predicted octanol–water partition coefficient (Wildman–Crippen LogP) is 6.44. The van der Waals surface area contributed by atoms with Crippen LogP contribution in [0, 0.1) is 11.3 Å². The summed E-state index contributed by atoms with van der Waals surface area (Å²) in [5.74, 6) is 0.0623. The highest BCUT2D eigenvalue weighted by atomic mass is 79.9. The Kier molecular flexibility index (Phi) is 10.6. The summed E-state index contributed by atoms with van der Waals surface area (Å²) in [6.45, 7) is 3.47. The molecule has 2 atom stereocenters. The summed E-state index contributed by atoms with van der Waals surface area (Å²) in [4.78, 5) is 23.3. The monoisotopic (exact) mass is 709 g/mol. The zero-order chi connectivity index (χ0) is 32.9. The molecule has 0 fully saturated rings. The van der Waals surface area contributed by atoms with E-state index in [0.717, 1.165) is 18.4 Å². The molecule has 10 nitrogen and oxygen atoms in total. The van der Waals surface area contributed by atoms with Crippen LogP contribution in [0.5, 0.6) is 5.75 Å². The van der Waals surface area contributed by atoms with E-state index in [4.69, 9.17) is 9.47 Å². The maximum atomic E-state index is 13.8. The predicted molar refractivity (Wildman–Crippen MR) is 165 cm³/mol. The second-order valence-electron chi connectivity index (χ2n) is 10.5. The van der Waals surface area contributed by atoms with Gasteiger partial charge in [-0.2, -0.15) is 18.4 Å². The molecule has 2 aromatic carbocycles. The number of amides is 1. The number of anilines is 2. The highest BCUT2D eigenvalue weighted by molar-refractivity contribution is 9.10. The largest absolute Gasteiger partial charge is 0.489 e. The van der Waals surface area contributed by atoms with Crippen LogP contribution in [-0.2, 0) is 27.2 Å². The number of hydrogen-bond acceptors (Lipinski definition) is 9. The lowest BCUT2D eigenvalue weighted by atomic mass is 9.89. The average Bonchev–Trinajstić information content (AvgIpc) is 2.96. The van der Waals surface area contributed by atoms with E-state index >= 15 is 0 Å². The third-order valence-corrected chi connectivity index (χ3v) is 8.47. The van der Waals surface area contributed by atoms with Crippen molar-refractivity contribution in [2.45, 2.75) is 51.4 Å². The maximum absolute atomic E-state index is 13.8. The Morgan fingerprint density at radius 3 is 2.62 bits per heavy atom. The number of hydrogen-bond donors (Lipinski definition) is 1. The fourth-order valence-corrected chi connectivity index (χ4v) is 5.98. The molecule has 45 heavy (non-hydrogen) atoms. The van der Waals surface area contributed by atoms with Gasteiger partial charge in [-0.1, -0.05) is 22.9 Å². The lowest BCUT2D eigenvalue weighted by Crippen LogP contribution is -2.46. The van der Waals surface area contributed by atoms with E-state index in [9.17, 15) is 31.6 Å². The fourth-order valence-electron chi connectivity index (χ4n) is 5.05. The van der Waals surface area contributed by atoms with E-state index in [0.29, 0.717) is 27.7 Å². The fraction of sp³-hybridized carbons (Fsp3) is 0.400. The second-order valence-corrected chi connectivity index (χ2v) is 13.6. The average molecular weight is 711 g/mol. The van der Waals surface area contributed by atoms with Crippen molar-refractivity contribution in [2.24, 2.45) is 0 Å². The van der Waals surface area contributed by atoms with Crippen molar-refractivity contribution in [1.29, 1.82) is 5.26 Å². The first kappa shape index (κ1) is 34.0. The molecule has 0 unspecified atom stereocenters. The molecule has 0 radical (unpaired) electrons. The van der Waals surface area contributed by atoms with Gasteiger partial charge >= 0.3 is 12.3 Å². The number of nitriles is 1. The van der Waals surface area contributed by atoms with Crippen LogP contribution in [0.15, 0.2) is 47.1 Å². The number of benzene rings is 2. The molecule has 1 aliphatic heterocycles. The molecule has 1 aliphatic rings. The molecule has 1 amide bonds. The van der Waals surface area contributed by atoms with Crippen molar-refractivity contribution >= 4 is 43.5 Å². The molecule has 2 heterocycles. The third kappa shape index (κ3) is 8.64. The molecule has 1 aromatic heterocycles. The second kappa shape index (κ2) is 14.0. The van der Waals surface area contributed by atoms with Crippen LogP contribution in [0.1, 0.15) is 60.7 Å². The number of carbonyl (C=O) groups is 1. The molecule has 0 bridgehead atoms. The normalized spacial score (nSPS) is 16.4. The molecule has 4 rings (SSSR count). The zero-order valence-electron chi connectivity index (χ0n) is 24.7. The number of alkyl halides is 3. The number of halogens is 4. The minimum atomic E-state index is -4.61. The van der Waals surface area contributed by atoms with Crippen LogP contribution in [0.2, 0.25) is 0 Å². The lowest BCUT2D eigenvalue weighted by molar-refractivity contribution is -0.137. The number of rotatable bonds is 10. The Bertz CT molecular complexity index is 1710. The van der Waals surface area contributed by atoms with Gasteiger partial charge in [0.05, 0.1) is 53.2 Å². The van der Waals surface area contributed by atoms with Crippen LogP contribution in [0.4, 0.5) is 29.6 Å². The molecule has 3 aromatic rings. The van der Waals surface area contributed by atoms with Gasteiger partial charge < -0.3 is 14.8 Å². The molecule has 0 aliphatic carbocycles. The van der Waals surface area contributed by atoms with Gasteiger partial charge in [0.25, 0.3) is 0 Å². The summed E-state index contributed by atoms with van der Waals surface area (Å²) in [6, 6.07) is 9.33. The highest BCUT2D eigenvalue weighted by Gasteiger charge is 2.39. The van der Waals surface area contributed by atoms with Crippen molar-refractivity contribution in [3.8, 4) is 11.8 Å². The number of aromatic nitrogens is 2. The molecule has 1 N–H and O–H groups in total. The van der Waals surface area contributed by atoms with Crippen molar-refractivity contribution < 1.29 is 35.9 Å². The van der Waals surface area contributed by atoms with Crippen LogP contribution in [0.25, 0.3) is 0 Å². The van der Waals surface area contributed by atoms with Crippen LogP contribution in [0.3, 0.4) is 0 Å². The van der Waals surface area contributed by atoms with E-state index in [1.54, 1.807) is 25.1 Å². The summed E-state index contributed by atoms with van der Waals surface area (Å²) < 4.78 is 76.3. The SMILES string of the molecule is CCOC(=O)N1c2ccc(C(F)(F)F)cc2[C@@H](Nc2ncc(OCCS(C)(=O)=O)c(Cc3cc(Br)cc(C#N)c3)n2)C[C@H]1CC. The Hall–Kier alpha value is -3.90. The molecular weight excluding hydrogens is 679 g/mol. The Morgan fingerprint density at radius 2 is 1.98 bits per heavy atom. The summed E-state index contributed by atoms with van der Waals surface area (Å²) in [6.07, 6.45) is -1.89. The number of carbonyl (C=O) groups excluding carboxylic acids is 1. The van der Waals surface area contributed by atoms with E-state index in [-0.39, 0.29) is 54.8 Å². The Balaban J connectivity index is 1.74. The molecule has 240 valence electrons. The number of fused-ring (bicyclic) bond motifs is 1. The summed E-state index contributed by atoms with van der Waals surface area (Å²) in [7, 11) is -3.31. The summed E-state index contributed by atoms with van der Waals surface area (Å²) in [5.41, 5.74) is 1.12. The van der Waals surface area contributed by atoms with Crippen LogP contribution < -0.4 is 15.0 Å². The zero-order valence-corrected chi connectivity index (χ0v) is 27.1. The highest BCUT2D eigenvalue weighted by Crippen LogP contribution is 2.43. The quantitative estimate of drug-likeness (QED) is 0.252. The van der Waals surface area contributed by atoms with Gasteiger partial charge in [-0.25, -0.2) is 23.2 Å². The standard InChI is InChI=1S/C30H31BrF3N5O5S/c1-4-22-15-24(23-14-20(30(32,33)34)6-7-26(23)39(22)29(40)43-5-2)37-28-36-17-27(44-8-9-45(3,41)42)25(38-28)13-18-10-19(16-35)12-21(31)11-18/h6-7,10-12,14,17,22,24H,4-5,8-9,13,15H2,1-3H3,(H,36,37,38)/t22-,24+/m1/s1. The van der Waals surface area contributed by atoms with Gasteiger partial charge in [0.15, 0.2) is 15.6 Å². The number of ether oxygens (including phenoxy) is 2. The van der Waals surface area contributed by atoms with Crippen LogP contribution >= 0.6 is 15.9 Å². The number of sulfone groups is 1. The minimum absolute atomic E-state index is 0.0868. The minimum Gasteiger partial charge on any atom is -0.489 e. The third-order valence-electron chi connectivity index (χ3n) is 7.10. The van der Waals surface area contributed by atoms with Gasteiger partial charge in [0.2, 0.25) is 5.95 Å². The van der Waals surface area contributed by atoms with E-state index < -0.39 is 39.8 Å².